The normalized spacial score (nSPS) is 11.5. The fraction of sp³-hybridized carbons (Fsp3) is 0.269. The second-order valence-corrected chi connectivity index (χ2v) is 9.86. The highest BCUT2D eigenvalue weighted by atomic mass is 32.2. The van der Waals surface area contributed by atoms with Gasteiger partial charge in [0.05, 0.1) is 33.3 Å². The number of ether oxygens (including phenoxy) is 3. The molecule has 184 valence electrons. The van der Waals surface area contributed by atoms with Crippen LogP contribution >= 0.6 is 0 Å². The molecule has 0 amide bonds. The van der Waals surface area contributed by atoms with E-state index in [0.29, 0.717) is 34.5 Å². The van der Waals surface area contributed by atoms with Gasteiger partial charge in [-0.05, 0) is 55.3 Å². The van der Waals surface area contributed by atoms with Gasteiger partial charge in [-0.1, -0.05) is 29.8 Å². The molecule has 4 aromatic rings. The van der Waals surface area contributed by atoms with Crippen LogP contribution in [0.5, 0.6) is 17.2 Å². The minimum atomic E-state index is -4.14. The number of sulfonamides is 1. The molecule has 35 heavy (non-hydrogen) atoms. The van der Waals surface area contributed by atoms with E-state index in [0.717, 1.165) is 11.1 Å². The van der Waals surface area contributed by atoms with Crippen molar-refractivity contribution >= 4 is 26.8 Å². The molecule has 0 bridgehead atoms. The molecule has 0 unspecified atom stereocenters. The molecular weight excluding hydrogens is 468 g/mol. The Labute approximate surface area is 205 Å². The molecule has 0 fully saturated rings. The van der Waals surface area contributed by atoms with E-state index in [-0.39, 0.29) is 23.0 Å². The Morgan fingerprint density at radius 3 is 2.37 bits per heavy atom. The molecule has 1 aromatic heterocycles. The fourth-order valence-corrected chi connectivity index (χ4v) is 5.50. The average molecular weight is 497 g/mol. The van der Waals surface area contributed by atoms with E-state index < -0.39 is 10.0 Å². The number of benzene rings is 3. The molecule has 0 aliphatic rings. The van der Waals surface area contributed by atoms with Gasteiger partial charge in [0.15, 0.2) is 11.4 Å². The summed E-state index contributed by atoms with van der Waals surface area (Å²) >= 11 is 0. The number of rotatable bonds is 9. The number of aryl methyl sites for hydroxylation is 2. The van der Waals surface area contributed by atoms with Gasteiger partial charge < -0.3 is 18.7 Å². The van der Waals surface area contributed by atoms with Gasteiger partial charge in [0.25, 0.3) is 10.0 Å². The monoisotopic (exact) mass is 496 g/mol. The van der Waals surface area contributed by atoms with Crippen LogP contribution < -0.4 is 18.5 Å². The van der Waals surface area contributed by atoms with E-state index in [9.17, 15) is 8.42 Å². The van der Waals surface area contributed by atoms with Crippen LogP contribution in [0.4, 0.5) is 5.82 Å². The van der Waals surface area contributed by atoms with Crippen molar-refractivity contribution in [2.24, 2.45) is 0 Å². The van der Waals surface area contributed by atoms with E-state index in [1.807, 2.05) is 32.0 Å². The highest BCUT2D eigenvalue weighted by molar-refractivity contribution is 7.93. The van der Waals surface area contributed by atoms with Crippen molar-refractivity contribution in [1.82, 2.24) is 5.16 Å². The minimum absolute atomic E-state index is 0.0510. The fourth-order valence-electron chi connectivity index (χ4n) is 3.89. The van der Waals surface area contributed by atoms with Crippen LogP contribution in [0.3, 0.4) is 0 Å². The lowest BCUT2D eigenvalue weighted by Crippen LogP contribution is -2.31. The molecule has 0 spiro atoms. The average Bonchev–Trinajstić information content (AvgIpc) is 3.29. The number of fused-ring (bicyclic) bond motifs is 1. The predicted octanol–water partition coefficient (Wildman–Crippen LogP) is 5.12. The molecule has 0 aliphatic carbocycles. The van der Waals surface area contributed by atoms with Gasteiger partial charge in [0.2, 0.25) is 0 Å². The topological polar surface area (TPSA) is 91.1 Å². The van der Waals surface area contributed by atoms with Crippen molar-refractivity contribution in [3.05, 3.63) is 71.3 Å². The molecule has 0 radical (unpaired) electrons. The summed E-state index contributed by atoms with van der Waals surface area (Å²) in [5.41, 5.74) is 2.94. The van der Waals surface area contributed by atoms with Crippen molar-refractivity contribution in [1.29, 1.82) is 0 Å². The summed E-state index contributed by atoms with van der Waals surface area (Å²) in [6.07, 6.45) is 0.672. The van der Waals surface area contributed by atoms with Gasteiger partial charge in [0, 0.05) is 11.6 Å². The van der Waals surface area contributed by atoms with E-state index in [4.69, 9.17) is 18.7 Å². The molecule has 1 heterocycles. The maximum absolute atomic E-state index is 14.2. The third-order valence-corrected chi connectivity index (χ3v) is 7.61. The van der Waals surface area contributed by atoms with Crippen LogP contribution in [0.2, 0.25) is 0 Å². The molecule has 0 aliphatic heterocycles. The quantitative estimate of drug-likeness (QED) is 0.318. The molecule has 3 aromatic carbocycles. The minimum Gasteiger partial charge on any atom is -0.497 e. The van der Waals surface area contributed by atoms with Crippen LogP contribution in [0.25, 0.3) is 11.0 Å². The molecule has 4 rings (SSSR count). The molecule has 0 saturated carbocycles. The summed E-state index contributed by atoms with van der Waals surface area (Å²) in [6, 6.07) is 15.9. The predicted molar refractivity (Wildman–Crippen MR) is 134 cm³/mol. The van der Waals surface area contributed by atoms with Crippen molar-refractivity contribution in [2.45, 2.75) is 31.7 Å². The lowest BCUT2D eigenvalue weighted by Gasteiger charge is -2.24. The molecule has 0 atom stereocenters. The molecular formula is C26H28N2O6S. The van der Waals surface area contributed by atoms with Crippen molar-refractivity contribution < 1.29 is 27.2 Å². The number of methoxy groups -OCH3 is 3. The molecule has 0 N–H and O–H groups in total. The van der Waals surface area contributed by atoms with Crippen LogP contribution in [0, 0.1) is 6.92 Å². The zero-order valence-corrected chi connectivity index (χ0v) is 21.2. The maximum atomic E-state index is 14.2. The highest BCUT2D eigenvalue weighted by Crippen LogP contribution is 2.37. The van der Waals surface area contributed by atoms with Crippen LogP contribution in [-0.2, 0) is 23.0 Å². The van der Waals surface area contributed by atoms with Gasteiger partial charge in [-0.3, -0.25) is 0 Å². The van der Waals surface area contributed by atoms with Gasteiger partial charge in [-0.15, -0.1) is 0 Å². The van der Waals surface area contributed by atoms with Crippen LogP contribution in [-0.4, -0.2) is 34.9 Å². The summed E-state index contributed by atoms with van der Waals surface area (Å²) in [7, 11) is 0.392. The zero-order chi connectivity index (χ0) is 25.2. The SMILES string of the molecule is CCc1ccc(OC)c(S(=O)(=O)N(Cc2ccc(OC)cc2OC)c2noc3ccc(C)cc23)c1. The largest absolute Gasteiger partial charge is 0.497 e. The molecule has 0 saturated heterocycles. The third kappa shape index (κ3) is 4.64. The first-order valence-corrected chi connectivity index (χ1v) is 12.5. The van der Waals surface area contributed by atoms with E-state index >= 15 is 0 Å². The van der Waals surface area contributed by atoms with Gasteiger partial charge >= 0.3 is 0 Å². The third-order valence-electron chi connectivity index (χ3n) is 5.86. The molecule has 9 heteroatoms. The standard InChI is InChI=1S/C26H28N2O6S/c1-6-18-8-12-23(32-4)25(14-18)35(29,30)28(16-19-9-10-20(31-3)15-24(19)33-5)26-21-13-17(2)7-11-22(21)34-27-26/h7-15H,6,16H2,1-5H3. The van der Waals surface area contributed by atoms with Crippen molar-refractivity contribution in [3.8, 4) is 17.2 Å². The number of hydrogen-bond acceptors (Lipinski definition) is 7. The Morgan fingerprint density at radius 1 is 0.914 bits per heavy atom. The smallest absolute Gasteiger partial charge is 0.269 e. The van der Waals surface area contributed by atoms with Gasteiger partial charge in [-0.25, -0.2) is 12.7 Å². The Morgan fingerprint density at radius 2 is 1.69 bits per heavy atom. The van der Waals surface area contributed by atoms with Gasteiger partial charge in [0.1, 0.15) is 22.1 Å². The summed E-state index contributed by atoms with van der Waals surface area (Å²) in [5, 5.41) is 4.77. The summed E-state index contributed by atoms with van der Waals surface area (Å²) in [4.78, 5) is 0.0515. The van der Waals surface area contributed by atoms with Gasteiger partial charge in [-0.2, -0.15) is 0 Å². The first kappa shape index (κ1) is 24.4. The Bertz CT molecular complexity index is 1460. The summed E-state index contributed by atoms with van der Waals surface area (Å²) < 4.78 is 51.5. The summed E-state index contributed by atoms with van der Waals surface area (Å²) in [5.74, 6) is 1.52. The van der Waals surface area contributed by atoms with Crippen LogP contribution in [0.15, 0.2) is 64.0 Å². The van der Waals surface area contributed by atoms with E-state index in [2.05, 4.69) is 5.16 Å². The lowest BCUT2D eigenvalue weighted by molar-refractivity contribution is 0.391. The second kappa shape index (κ2) is 9.87. The lowest BCUT2D eigenvalue weighted by atomic mass is 10.1. The van der Waals surface area contributed by atoms with E-state index in [1.165, 1.54) is 18.5 Å². The first-order valence-electron chi connectivity index (χ1n) is 11.1. The van der Waals surface area contributed by atoms with Crippen molar-refractivity contribution in [2.75, 3.05) is 25.6 Å². The summed E-state index contributed by atoms with van der Waals surface area (Å²) in [6.45, 7) is 3.84. The zero-order valence-electron chi connectivity index (χ0n) is 20.4. The highest BCUT2D eigenvalue weighted by Gasteiger charge is 2.33. The van der Waals surface area contributed by atoms with Crippen LogP contribution in [0.1, 0.15) is 23.6 Å². The number of hydrogen-bond donors (Lipinski definition) is 0. The first-order chi connectivity index (χ1) is 16.8. The maximum Gasteiger partial charge on any atom is 0.269 e. The van der Waals surface area contributed by atoms with E-state index in [1.54, 1.807) is 43.5 Å². The Kier molecular flexibility index (Phi) is 6.88. The number of aromatic nitrogens is 1. The molecule has 8 nitrogen and oxygen atoms in total. The number of anilines is 1. The second-order valence-electron chi connectivity index (χ2n) is 8.03. The Balaban J connectivity index is 1.94. The van der Waals surface area contributed by atoms with Crippen molar-refractivity contribution in [3.63, 3.8) is 0 Å². The Hall–Kier alpha value is -3.72. The number of nitrogens with zero attached hydrogens (tertiary/aromatic N) is 2.